The molecule has 0 amide bonds. The zero-order valence-electron chi connectivity index (χ0n) is 12.5. The van der Waals surface area contributed by atoms with E-state index in [0.29, 0.717) is 12.3 Å². The van der Waals surface area contributed by atoms with E-state index in [1.54, 1.807) is 6.07 Å². The van der Waals surface area contributed by atoms with Gasteiger partial charge < -0.3 is 9.73 Å². The van der Waals surface area contributed by atoms with Crippen molar-refractivity contribution in [1.29, 1.82) is 0 Å². The van der Waals surface area contributed by atoms with E-state index < -0.39 is 10.0 Å². The van der Waals surface area contributed by atoms with Crippen LogP contribution >= 0.6 is 0 Å². The van der Waals surface area contributed by atoms with Crippen molar-refractivity contribution in [3.8, 4) is 0 Å². The zero-order valence-corrected chi connectivity index (χ0v) is 13.4. The van der Waals surface area contributed by atoms with E-state index >= 15 is 0 Å². The van der Waals surface area contributed by atoms with Crippen LogP contribution in [0.2, 0.25) is 0 Å². The highest BCUT2D eigenvalue weighted by atomic mass is 32.2. The standard InChI is InChI=1S/C13H20N4O3S/c1-8(2)17-10(4)13(9(3)16-17)15-7-11-5-6-12(20-11)21(14,18)19/h5-6,8,15H,7H2,1-4H3,(H2,14,18,19). The first-order chi connectivity index (χ1) is 9.70. The van der Waals surface area contributed by atoms with Gasteiger partial charge in [-0.2, -0.15) is 5.10 Å². The maximum Gasteiger partial charge on any atom is 0.271 e. The lowest BCUT2D eigenvalue weighted by molar-refractivity contribution is 0.419. The zero-order chi connectivity index (χ0) is 15.8. The summed E-state index contributed by atoms with van der Waals surface area (Å²) < 4.78 is 29.5. The molecule has 2 aromatic rings. The van der Waals surface area contributed by atoms with Crippen molar-refractivity contribution in [2.24, 2.45) is 5.14 Å². The van der Waals surface area contributed by atoms with Gasteiger partial charge in [0.15, 0.2) is 0 Å². The van der Waals surface area contributed by atoms with E-state index in [4.69, 9.17) is 9.56 Å². The number of aromatic nitrogens is 2. The molecule has 0 saturated carbocycles. The largest absolute Gasteiger partial charge is 0.446 e. The first-order valence-corrected chi connectivity index (χ1v) is 8.16. The van der Waals surface area contributed by atoms with Gasteiger partial charge in [-0.05, 0) is 39.8 Å². The topological polar surface area (TPSA) is 103 Å². The number of anilines is 1. The summed E-state index contributed by atoms with van der Waals surface area (Å²) in [4.78, 5) is 0. The molecule has 0 spiro atoms. The molecule has 0 atom stereocenters. The van der Waals surface area contributed by atoms with Crippen LogP contribution in [0.15, 0.2) is 21.6 Å². The summed E-state index contributed by atoms with van der Waals surface area (Å²) >= 11 is 0. The van der Waals surface area contributed by atoms with Crippen LogP contribution < -0.4 is 10.5 Å². The Hall–Kier alpha value is -1.80. The number of rotatable bonds is 5. The maximum atomic E-state index is 11.2. The van der Waals surface area contributed by atoms with Crippen molar-refractivity contribution in [1.82, 2.24) is 9.78 Å². The lowest BCUT2D eigenvalue weighted by Crippen LogP contribution is -2.10. The number of hydrogen-bond donors (Lipinski definition) is 2. The van der Waals surface area contributed by atoms with Gasteiger partial charge in [0, 0.05) is 6.04 Å². The van der Waals surface area contributed by atoms with Crippen LogP contribution in [0.1, 0.15) is 37.0 Å². The summed E-state index contributed by atoms with van der Waals surface area (Å²) in [6, 6.07) is 3.21. The molecule has 0 aliphatic heterocycles. The van der Waals surface area contributed by atoms with Crippen LogP contribution in [0.3, 0.4) is 0 Å². The molecular formula is C13H20N4O3S. The molecule has 2 rings (SSSR count). The molecule has 0 saturated heterocycles. The van der Waals surface area contributed by atoms with Crippen LogP contribution in [0.5, 0.6) is 0 Å². The van der Waals surface area contributed by atoms with E-state index in [0.717, 1.165) is 17.1 Å². The Bertz CT molecular complexity index is 744. The number of furan rings is 1. The highest BCUT2D eigenvalue weighted by Crippen LogP contribution is 2.23. The molecule has 0 fully saturated rings. The Morgan fingerprint density at radius 3 is 2.52 bits per heavy atom. The third-order valence-corrected chi connectivity index (χ3v) is 3.95. The van der Waals surface area contributed by atoms with Crippen molar-refractivity contribution < 1.29 is 12.8 Å². The lowest BCUT2D eigenvalue weighted by Gasteiger charge is -2.09. The minimum Gasteiger partial charge on any atom is -0.446 e. The Labute approximate surface area is 124 Å². The Kier molecular flexibility index (Phi) is 4.11. The smallest absolute Gasteiger partial charge is 0.271 e. The molecule has 0 bridgehead atoms. The average Bonchev–Trinajstić information content (AvgIpc) is 2.93. The van der Waals surface area contributed by atoms with Gasteiger partial charge in [-0.25, -0.2) is 13.6 Å². The number of nitrogens with two attached hydrogens (primary N) is 1. The molecule has 0 radical (unpaired) electrons. The Morgan fingerprint density at radius 2 is 2.05 bits per heavy atom. The summed E-state index contributed by atoms with van der Waals surface area (Å²) in [5.74, 6) is 0.495. The van der Waals surface area contributed by atoms with Crippen LogP contribution in [0.25, 0.3) is 0 Å². The van der Waals surface area contributed by atoms with E-state index in [-0.39, 0.29) is 11.1 Å². The molecule has 21 heavy (non-hydrogen) atoms. The summed E-state index contributed by atoms with van der Waals surface area (Å²) in [6.45, 7) is 8.40. The van der Waals surface area contributed by atoms with Crippen molar-refractivity contribution in [3.05, 3.63) is 29.3 Å². The average molecular weight is 312 g/mol. The fraction of sp³-hybridized carbons (Fsp3) is 0.462. The normalized spacial score (nSPS) is 12.1. The minimum atomic E-state index is -3.80. The molecule has 3 N–H and O–H groups in total. The molecule has 0 unspecified atom stereocenters. The third kappa shape index (κ3) is 3.27. The number of aryl methyl sites for hydroxylation is 1. The maximum absolute atomic E-state index is 11.2. The molecule has 8 heteroatoms. The number of nitrogens with one attached hydrogen (secondary N) is 1. The van der Waals surface area contributed by atoms with Gasteiger partial charge in [-0.1, -0.05) is 0 Å². The van der Waals surface area contributed by atoms with Crippen LogP contribution in [-0.2, 0) is 16.6 Å². The summed E-state index contributed by atoms with van der Waals surface area (Å²) in [6.07, 6.45) is 0. The van der Waals surface area contributed by atoms with E-state index in [9.17, 15) is 8.42 Å². The van der Waals surface area contributed by atoms with Crippen LogP contribution in [0, 0.1) is 13.8 Å². The van der Waals surface area contributed by atoms with Crippen molar-refractivity contribution in [2.75, 3.05) is 5.32 Å². The van der Waals surface area contributed by atoms with Crippen molar-refractivity contribution in [3.63, 3.8) is 0 Å². The quantitative estimate of drug-likeness (QED) is 0.878. The van der Waals surface area contributed by atoms with E-state index in [2.05, 4.69) is 24.3 Å². The highest BCUT2D eigenvalue weighted by Gasteiger charge is 2.15. The molecule has 116 valence electrons. The molecule has 2 aromatic heterocycles. The summed E-state index contributed by atoms with van der Waals surface area (Å²) in [5.41, 5.74) is 2.84. The number of primary sulfonamides is 1. The molecular weight excluding hydrogens is 292 g/mol. The van der Waals surface area contributed by atoms with Gasteiger partial charge in [0.25, 0.3) is 10.0 Å². The molecule has 7 nitrogen and oxygen atoms in total. The molecule has 0 aromatic carbocycles. The molecule has 0 aliphatic rings. The third-order valence-electron chi connectivity index (χ3n) is 3.17. The SMILES string of the molecule is Cc1nn(C(C)C)c(C)c1NCc1ccc(S(N)(=O)=O)o1. The van der Waals surface area contributed by atoms with Gasteiger partial charge in [0.1, 0.15) is 5.76 Å². The van der Waals surface area contributed by atoms with Crippen molar-refractivity contribution >= 4 is 15.7 Å². The number of nitrogens with zero attached hydrogens (tertiary/aromatic N) is 2. The molecule has 0 aliphatic carbocycles. The molecule has 2 heterocycles. The lowest BCUT2D eigenvalue weighted by atomic mass is 10.3. The second kappa shape index (κ2) is 5.53. The predicted octanol–water partition coefficient (Wildman–Crippen LogP) is 1.93. The predicted molar refractivity (Wildman–Crippen MR) is 79.5 cm³/mol. The number of sulfonamides is 1. The van der Waals surface area contributed by atoms with Gasteiger partial charge >= 0.3 is 0 Å². The minimum absolute atomic E-state index is 0.231. The van der Waals surface area contributed by atoms with Gasteiger partial charge in [0.2, 0.25) is 5.09 Å². The van der Waals surface area contributed by atoms with Gasteiger partial charge in [0.05, 0.1) is 23.6 Å². The summed E-state index contributed by atoms with van der Waals surface area (Å²) in [5, 5.41) is 12.5. The highest BCUT2D eigenvalue weighted by molar-refractivity contribution is 7.89. The summed E-state index contributed by atoms with van der Waals surface area (Å²) in [7, 11) is -3.80. The fourth-order valence-corrected chi connectivity index (χ4v) is 2.68. The second-order valence-electron chi connectivity index (χ2n) is 5.20. The first kappa shape index (κ1) is 15.6. The van der Waals surface area contributed by atoms with Crippen molar-refractivity contribution in [2.45, 2.75) is 45.4 Å². The number of hydrogen-bond acceptors (Lipinski definition) is 5. The van der Waals surface area contributed by atoms with Crippen LogP contribution in [0.4, 0.5) is 5.69 Å². The van der Waals surface area contributed by atoms with E-state index in [1.165, 1.54) is 6.07 Å². The second-order valence-corrected chi connectivity index (χ2v) is 6.70. The van der Waals surface area contributed by atoms with E-state index in [1.807, 2.05) is 18.5 Å². The Morgan fingerprint density at radius 1 is 1.38 bits per heavy atom. The van der Waals surface area contributed by atoms with Gasteiger partial charge in [-0.15, -0.1) is 0 Å². The monoisotopic (exact) mass is 312 g/mol. The first-order valence-electron chi connectivity index (χ1n) is 6.61. The van der Waals surface area contributed by atoms with Crippen LogP contribution in [-0.4, -0.2) is 18.2 Å². The fourth-order valence-electron chi connectivity index (χ4n) is 2.20. The Balaban J connectivity index is 2.15. The van der Waals surface area contributed by atoms with Gasteiger partial charge in [-0.3, -0.25) is 4.68 Å².